The maximum atomic E-state index is 11.7. The highest BCUT2D eigenvalue weighted by Crippen LogP contribution is 2.32. The Morgan fingerprint density at radius 3 is 2.75 bits per heavy atom. The molecule has 0 aromatic heterocycles. The van der Waals surface area contributed by atoms with Gasteiger partial charge in [-0.05, 0) is 36.8 Å². The van der Waals surface area contributed by atoms with E-state index in [-0.39, 0.29) is 12.3 Å². The topological polar surface area (TPSA) is 66.4 Å². The maximum Gasteiger partial charge on any atom is 0.303 e. The smallest absolute Gasteiger partial charge is 0.303 e. The molecule has 1 aliphatic rings. The molecule has 0 saturated heterocycles. The van der Waals surface area contributed by atoms with E-state index < -0.39 is 5.97 Å². The number of carbonyl (C=O) groups is 2. The standard InChI is InChI=1S/C16H21NO3/c18-15(7-3-4-8-16(19)20)17-11-13-10-9-12-5-1-2-6-14(12)13/h1-2,5-6,13H,3-4,7-11H2,(H,17,18)(H,19,20). The Hall–Kier alpha value is -1.84. The van der Waals surface area contributed by atoms with Gasteiger partial charge in [-0.1, -0.05) is 24.3 Å². The summed E-state index contributed by atoms with van der Waals surface area (Å²) in [4.78, 5) is 22.1. The fourth-order valence-corrected chi connectivity index (χ4v) is 2.74. The van der Waals surface area contributed by atoms with Crippen molar-refractivity contribution < 1.29 is 14.7 Å². The van der Waals surface area contributed by atoms with Crippen LogP contribution in [0, 0.1) is 0 Å². The average Bonchev–Trinajstić information content (AvgIpc) is 2.84. The van der Waals surface area contributed by atoms with Crippen LogP contribution in [0.25, 0.3) is 0 Å². The Morgan fingerprint density at radius 2 is 1.95 bits per heavy atom. The van der Waals surface area contributed by atoms with Crippen LogP contribution < -0.4 is 5.32 Å². The third-order valence-electron chi connectivity index (χ3n) is 3.85. The van der Waals surface area contributed by atoms with Crippen LogP contribution >= 0.6 is 0 Å². The summed E-state index contributed by atoms with van der Waals surface area (Å²) in [7, 11) is 0. The first-order valence-electron chi connectivity index (χ1n) is 7.23. The number of hydrogen-bond acceptors (Lipinski definition) is 2. The highest BCUT2D eigenvalue weighted by Gasteiger charge is 2.21. The molecule has 0 bridgehead atoms. The van der Waals surface area contributed by atoms with Crippen molar-refractivity contribution in [3.8, 4) is 0 Å². The second kappa shape index (κ2) is 7.08. The number of unbranched alkanes of at least 4 members (excludes halogenated alkanes) is 1. The van der Waals surface area contributed by atoms with Crippen LogP contribution in [0.3, 0.4) is 0 Å². The van der Waals surface area contributed by atoms with E-state index >= 15 is 0 Å². The molecule has 1 aromatic rings. The van der Waals surface area contributed by atoms with Crippen LogP contribution in [-0.4, -0.2) is 23.5 Å². The quantitative estimate of drug-likeness (QED) is 0.751. The minimum absolute atomic E-state index is 0.0276. The van der Waals surface area contributed by atoms with Crippen LogP contribution in [0.15, 0.2) is 24.3 Å². The van der Waals surface area contributed by atoms with E-state index in [9.17, 15) is 9.59 Å². The summed E-state index contributed by atoms with van der Waals surface area (Å²) in [6, 6.07) is 8.40. The molecule has 2 rings (SSSR count). The summed E-state index contributed by atoms with van der Waals surface area (Å²) in [6.45, 7) is 0.689. The van der Waals surface area contributed by atoms with Gasteiger partial charge in [-0.2, -0.15) is 0 Å². The van der Waals surface area contributed by atoms with Gasteiger partial charge >= 0.3 is 5.97 Å². The van der Waals surface area contributed by atoms with E-state index in [0.29, 0.717) is 31.7 Å². The fraction of sp³-hybridized carbons (Fsp3) is 0.500. The van der Waals surface area contributed by atoms with Crippen molar-refractivity contribution in [3.05, 3.63) is 35.4 Å². The zero-order valence-corrected chi connectivity index (χ0v) is 11.6. The van der Waals surface area contributed by atoms with Gasteiger partial charge in [0.25, 0.3) is 0 Å². The third-order valence-corrected chi connectivity index (χ3v) is 3.85. The normalized spacial score (nSPS) is 16.7. The van der Waals surface area contributed by atoms with Crippen molar-refractivity contribution in [2.45, 2.75) is 44.4 Å². The lowest BCUT2D eigenvalue weighted by Crippen LogP contribution is -2.27. The number of rotatable bonds is 7. The van der Waals surface area contributed by atoms with Crippen molar-refractivity contribution in [1.29, 1.82) is 0 Å². The lowest BCUT2D eigenvalue weighted by atomic mass is 10.0. The maximum absolute atomic E-state index is 11.7. The van der Waals surface area contributed by atoms with E-state index in [0.717, 1.165) is 12.8 Å². The van der Waals surface area contributed by atoms with E-state index in [1.54, 1.807) is 0 Å². The van der Waals surface area contributed by atoms with E-state index in [2.05, 4.69) is 23.5 Å². The summed E-state index contributed by atoms with van der Waals surface area (Å²) < 4.78 is 0. The molecule has 1 aromatic carbocycles. The molecular formula is C16H21NO3. The molecule has 0 fully saturated rings. The number of nitrogens with one attached hydrogen (secondary N) is 1. The number of amides is 1. The molecule has 0 spiro atoms. The second-order valence-electron chi connectivity index (χ2n) is 5.34. The minimum Gasteiger partial charge on any atom is -0.481 e. The predicted molar refractivity (Wildman–Crippen MR) is 76.6 cm³/mol. The molecule has 0 heterocycles. The van der Waals surface area contributed by atoms with Crippen LogP contribution in [0.4, 0.5) is 0 Å². The predicted octanol–water partition coefficient (Wildman–Crippen LogP) is 2.48. The molecule has 1 aliphatic carbocycles. The average molecular weight is 275 g/mol. The van der Waals surface area contributed by atoms with Crippen LogP contribution in [0.2, 0.25) is 0 Å². The molecule has 4 heteroatoms. The van der Waals surface area contributed by atoms with Crippen LogP contribution in [-0.2, 0) is 16.0 Å². The molecule has 2 N–H and O–H groups in total. The highest BCUT2D eigenvalue weighted by molar-refractivity contribution is 5.76. The fourth-order valence-electron chi connectivity index (χ4n) is 2.74. The summed E-state index contributed by atoms with van der Waals surface area (Å²) in [5, 5.41) is 11.5. The molecule has 108 valence electrons. The molecule has 1 unspecified atom stereocenters. The van der Waals surface area contributed by atoms with Gasteiger partial charge in [0.1, 0.15) is 0 Å². The van der Waals surface area contributed by atoms with E-state index in [1.807, 2.05) is 6.07 Å². The van der Waals surface area contributed by atoms with E-state index in [1.165, 1.54) is 11.1 Å². The Kier molecular flexibility index (Phi) is 5.16. The van der Waals surface area contributed by atoms with Gasteiger partial charge in [0.15, 0.2) is 0 Å². The van der Waals surface area contributed by atoms with Gasteiger partial charge in [-0.25, -0.2) is 0 Å². The number of benzene rings is 1. The molecule has 0 radical (unpaired) electrons. The Morgan fingerprint density at radius 1 is 1.20 bits per heavy atom. The Bertz CT molecular complexity index is 484. The van der Waals surface area contributed by atoms with Crippen molar-refractivity contribution in [2.24, 2.45) is 0 Å². The van der Waals surface area contributed by atoms with E-state index in [4.69, 9.17) is 5.11 Å². The van der Waals surface area contributed by atoms with Crippen LogP contribution in [0.1, 0.15) is 49.1 Å². The van der Waals surface area contributed by atoms with Crippen molar-refractivity contribution in [3.63, 3.8) is 0 Å². The molecule has 0 saturated carbocycles. The number of hydrogen-bond donors (Lipinski definition) is 2. The number of carboxylic acid groups (broad SMARTS) is 1. The summed E-state index contributed by atoms with van der Waals surface area (Å²) in [5.74, 6) is -0.345. The molecular weight excluding hydrogens is 254 g/mol. The summed E-state index contributed by atoms with van der Waals surface area (Å²) >= 11 is 0. The lowest BCUT2D eigenvalue weighted by molar-refractivity contribution is -0.137. The number of carbonyl (C=O) groups excluding carboxylic acids is 1. The Labute approximate surface area is 119 Å². The van der Waals surface area contributed by atoms with Crippen molar-refractivity contribution >= 4 is 11.9 Å². The largest absolute Gasteiger partial charge is 0.481 e. The first-order valence-corrected chi connectivity index (χ1v) is 7.23. The molecule has 1 amide bonds. The molecule has 0 aliphatic heterocycles. The highest BCUT2D eigenvalue weighted by atomic mass is 16.4. The zero-order chi connectivity index (χ0) is 14.4. The number of carboxylic acids is 1. The van der Waals surface area contributed by atoms with Gasteiger partial charge in [0.2, 0.25) is 5.91 Å². The first-order chi connectivity index (χ1) is 9.66. The van der Waals surface area contributed by atoms with Crippen LogP contribution in [0.5, 0.6) is 0 Å². The SMILES string of the molecule is O=C(O)CCCCC(=O)NCC1CCc2ccccc21. The number of aliphatic carboxylic acids is 1. The van der Waals surface area contributed by atoms with Gasteiger partial charge < -0.3 is 10.4 Å². The van der Waals surface area contributed by atoms with Gasteiger partial charge in [-0.3, -0.25) is 9.59 Å². The molecule has 20 heavy (non-hydrogen) atoms. The molecule has 4 nitrogen and oxygen atoms in total. The van der Waals surface area contributed by atoms with Crippen molar-refractivity contribution in [1.82, 2.24) is 5.32 Å². The monoisotopic (exact) mass is 275 g/mol. The van der Waals surface area contributed by atoms with Gasteiger partial charge in [0.05, 0.1) is 0 Å². The number of aryl methyl sites for hydroxylation is 1. The van der Waals surface area contributed by atoms with Gasteiger partial charge in [-0.15, -0.1) is 0 Å². The first kappa shape index (κ1) is 14.6. The third kappa shape index (κ3) is 4.08. The summed E-state index contributed by atoms with van der Waals surface area (Å²) in [6.07, 6.45) is 3.95. The lowest BCUT2D eigenvalue weighted by Gasteiger charge is -2.12. The second-order valence-corrected chi connectivity index (χ2v) is 5.34. The number of fused-ring (bicyclic) bond motifs is 1. The zero-order valence-electron chi connectivity index (χ0n) is 11.6. The van der Waals surface area contributed by atoms with Crippen molar-refractivity contribution in [2.75, 3.05) is 6.54 Å². The van der Waals surface area contributed by atoms with Gasteiger partial charge in [0, 0.05) is 25.3 Å². The molecule has 1 atom stereocenters. The summed E-state index contributed by atoms with van der Waals surface area (Å²) in [5.41, 5.74) is 2.76. The Balaban J connectivity index is 1.68. The minimum atomic E-state index is -0.798.